The zero-order valence-electron chi connectivity index (χ0n) is 3.49. The van der Waals surface area contributed by atoms with Crippen LogP contribution in [0.3, 0.4) is 0 Å². The Morgan fingerprint density at radius 3 is 2.60 bits per heavy atom. The highest BCUT2D eigenvalue weighted by molar-refractivity contribution is 4.33. The van der Waals surface area contributed by atoms with Crippen LogP contribution in [-0.4, -0.2) is 20.1 Å². The van der Waals surface area contributed by atoms with Crippen molar-refractivity contribution >= 4 is 0 Å². The Balaban J connectivity index is 0. The average molecular weight is 76.1 g/mol. The second-order valence-electron chi connectivity index (χ2n) is 0.892. The summed E-state index contributed by atoms with van der Waals surface area (Å²) in [6.07, 6.45) is 0. The summed E-state index contributed by atoms with van der Waals surface area (Å²) in [5.74, 6) is 0. The molecule has 2 nitrogen and oxygen atoms in total. The number of rotatable bonds is 2. The van der Waals surface area contributed by atoms with Crippen molar-refractivity contribution in [2.75, 3.05) is 20.1 Å². The molecule has 0 heterocycles. The topological polar surface area (TPSA) is 38.0 Å². The summed E-state index contributed by atoms with van der Waals surface area (Å²) in [6.45, 7) is 1.65. The molecule has 34 valence electrons. The van der Waals surface area contributed by atoms with Gasteiger partial charge in [0.1, 0.15) is 0 Å². The fourth-order valence-corrected chi connectivity index (χ4v) is 0.144. The molecule has 3 N–H and O–H groups in total. The van der Waals surface area contributed by atoms with Crippen LogP contribution in [0.1, 0.15) is 1.43 Å². The van der Waals surface area contributed by atoms with Crippen LogP contribution in [0.25, 0.3) is 0 Å². The fraction of sp³-hybridized carbons (Fsp3) is 1.00. The van der Waals surface area contributed by atoms with E-state index in [9.17, 15) is 0 Å². The minimum absolute atomic E-state index is 0. The fourth-order valence-electron chi connectivity index (χ4n) is 0.144. The summed E-state index contributed by atoms with van der Waals surface area (Å²) >= 11 is 0. The van der Waals surface area contributed by atoms with Crippen LogP contribution in [0.5, 0.6) is 0 Å². The number of nitrogens with two attached hydrogens (primary N) is 1. The molecule has 0 fully saturated rings. The average Bonchev–Trinajstić information content (AvgIpc) is 1.41. The van der Waals surface area contributed by atoms with Crippen molar-refractivity contribution in [3.05, 3.63) is 0 Å². The van der Waals surface area contributed by atoms with Gasteiger partial charge in [0.2, 0.25) is 0 Å². The lowest BCUT2D eigenvalue weighted by molar-refractivity contribution is 0.802. The van der Waals surface area contributed by atoms with E-state index in [0.717, 1.165) is 13.1 Å². The third-order valence-corrected chi connectivity index (χ3v) is 0.394. The molecule has 0 atom stereocenters. The van der Waals surface area contributed by atoms with Gasteiger partial charge in [-0.3, -0.25) is 0 Å². The van der Waals surface area contributed by atoms with Gasteiger partial charge in [0, 0.05) is 14.5 Å². The Morgan fingerprint density at radius 1 is 2.00 bits per heavy atom. The molecule has 0 saturated carbocycles. The number of hydrogen-bond donors (Lipinski definition) is 2. The number of nitrogens with one attached hydrogen (secondary N) is 1. The highest BCUT2D eigenvalue weighted by Gasteiger charge is 1.64. The van der Waals surface area contributed by atoms with Gasteiger partial charge in [-0.05, 0) is 7.05 Å². The van der Waals surface area contributed by atoms with E-state index in [1.807, 2.05) is 7.05 Å². The zero-order valence-corrected chi connectivity index (χ0v) is 3.49. The molecule has 2 heteroatoms. The standard InChI is InChI=1S/C3H10N2.H2/c1-5-3-2-4;/h5H,2-4H2,1H3;1H. The summed E-state index contributed by atoms with van der Waals surface area (Å²) < 4.78 is 0. The maximum Gasteiger partial charge on any atom is 0.00714 e. The summed E-state index contributed by atoms with van der Waals surface area (Å²) in [5, 5.41) is 2.89. The van der Waals surface area contributed by atoms with E-state index in [-0.39, 0.29) is 1.43 Å². The van der Waals surface area contributed by atoms with Gasteiger partial charge in [0.05, 0.1) is 0 Å². The lowest BCUT2D eigenvalue weighted by Gasteiger charge is -1.85. The first-order chi connectivity index (χ1) is 2.41. The Hall–Kier alpha value is -0.0800. The van der Waals surface area contributed by atoms with E-state index in [2.05, 4.69) is 5.32 Å². The van der Waals surface area contributed by atoms with Gasteiger partial charge in [-0.25, -0.2) is 0 Å². The SMILES string of the molecule is CNCCN.[HH]. The smallest absolute Gasteiger partial charge is 0.00714 e. The second-order valence-corrected chi connectivity index (χ2v) is 0.892. The van der Waals surface area contributed by atoms with Crippen LogP contribution in [0.4, 0.5) is 0 Å². The molecule has 0 aromatic rings. The summed E-state index contributed by atoms with van der Waals surface area (Å²) in [6, 6.07) is 0. The van der Waals surface area contributed by atoms with E-state index in [0.29, 0.717) is 0 Å². The van der Waals surface area contributed by atoms with Gasteiger partial charge in [0.25, 0.3) is 0 Å². The van der Waals surface area contributed by atoms with E-state index >= 15 is 0 Å². The van der Waals surface area contributed by atoms with Crippen LogP contribution in [0, 0.1) is 0 Å². The van der Waals surface area contributed by atoms with Crippen molar-refractivity contribution in [1.82, 2.24) is 5.32 Å². The molecular weight excluding hydrogens is 64.0 g/mol. The molecule has 0 saturated heterocycles. The highest BCUT2D eigenvalue weighted by atomic mass is 14.8. The third kappa shape index (κ3) is 3.92. The van der Waals surface area contributed by atoms with E-state index in [4.69, 9.17) is 5.73 Å². The van der Waals surface area contributed by atoms with Crippen molar-refractivity contribution in [3.8, 4) is 0 Å². The number of likely N-dealkylation sites (N-methyl/N-ethyl adjacent to an activating group) is 1. The van der Waals surface area contributed by atoms with Gasteiger partial charge >= 0.3 is 0 Å². The molecule has 0 radical (unpaired) electrons. The normalized spacial score (nSPS) is 8.40. The highest BCUT2D eigenvalue weighted by Crippen LogP contribution is 1.37. The first kappa shape index (κ1) is 4.92. The molecule has 5 heavy (non-hydrogen) atoms. The van der Waals surface area contributed by atoms with Crippen LogP contribution in [-0.2, 0) is 0 Å². The largest absolute Gasteiger partial charge is 0.329 e. The Kier molecular flexibility index (Phi) is 3.86. The predicted octanol–water partition coefficient (Wildman–Crippen LogP) is -0.589. The van der Waals surface area contributed by atoms with Gasteiger partial charge in [-0.1, -0.05) is 0 Å². The lowest BCUT2D eigenvalue weighted by Crippen LogP contribution is -2.17. The summed E-state index contributed by atoms with van der Waals surface area (Å²) in [4.78, 5) is 0. The maximum absolute atomic E-state index is 5.08. The molecule has 0 spiro atoms. The summed E-state index contributed by atoms with van der Waals surface area (Å²) in [7, 11) is 1.88. The van der Waals surface area contributed by atoms with Gasteiger partial charge in [0.15, 0.2) is 0 Å². The molecular formula is C3H12N2. The minimum atomic E-state index is 0. The Bertz CT molecular complexity index is 16.3. The van der Waals surface area contributed by atoms with Crippen LogP contribution >= 0.6 is 0 Å². The molecule has 0 unspecified atom stereocenters. The second kappa shape index (κ2) is 3.92. The molecule has 0 rings (SSSR count). The Morgan fingerprint density at radius 2 is 2.60 bits per heavy atom. The van der Waals surface area contributed by atoms with Crippen LogP contribution < -0.4 is 11.1 Å². The molecule has 0 amide bonds. The molecule has 0 aliphatic rings. The van der Waals surface area contributed by atoms with E-state index in [1.165, 1.54) is 0 Å². The van der Waals surface area contributed by atoms with Crippen molar-refractivity contribution in [2.24, 2.45) is 5.73 Å². The predicted molar refractivity (Wildman–Crippen MR) is 25.1 cm³/mol. The van der Waals surface area contributed by atoms with Gasteiger partial charge in [-0.2, -0.15) is 0 Å². The van der Waals surface area contributed by atoms with E-state index < -0.39 is 0 Å². The first-order valence-corrected chi connectivity index (χ1v) is 1.76. The van der Waals surface area contributed by atoms with Gasteiger partial charge < -0.3 is 11.1 Å². The molecule has 0 aliphatic heterocycles. The molecule has 0 aromatic carbocycles. The minimum Gasteiger partial charge on any atom is -0.329 e. The lowest BCUT2D eigenvalue weighted by atomic mass is 10.7. The molecule has 0 bridgehead atoms. The van der Waals surface area contributed by atoms with Crippen LogP contribution in [0.15, 0.2) is 0 Å². The Labute approximate surface area is 33.8 Å². The monoisotopic (exact) mass is 76.1 g/mol. The van der Waals surface area contributed by atoms with Gasteiger partial charge in [-0.15, -0.1) is 0 Å². The third-order valence-electron chi connectivity index (χ3n) is 0.394. The summed E-state index contributed by atoms with van der Waals surface area (Å²) in [5.41, 5.74) is 5.08. The van der Waals surface area contributed by atoms with Crippen molar-refractivity contribution in [1.29, 1.82) is 0 Å². The van der Waals surface area contributed by atoms with Crippen LogP contribution in [0.2, 0.25) is 0 Å². The maximum atomic E-state index is 5.08. The van der Waals surface area contributed by atoms with Crippen molar-refractivity contribution in [2.45, 2.75) is 0 Å². The number of hydrogen-bond acceptors (Lipinski definition) is 2. The molecule has 0 aromatic heterocycles. The van der Waals surface area contributed by atoms with Crippen molar-refractivity contribution in [3.63, 3.8) is 0 Å². The zero-order chi connectivity index (χ0) is 4.12. The van der Waals surface area contributed by atoms with E-state index in [1.54, 1.807) is 0 Å². The first-order valence-electron chi connectivity index (χ1n) is 1.76. The molecule has 0 aliphatic carbocycles. The van der Waals surface area contributed by atoms with Crippen molar-refractivity contribution < 1.29 is 1.43 Å². The quantitative estimate of drug-likeness (QED) is 0.461.